The zero-order valence-electron chi connectivity index (χ0n) is 17.4. The van der Waals surface area contributed by atoms with Crippen molar-refractivity contribution in [3.8, 4) is 0 Å². The Bertz CT molecular complexity index is 517. The molecule has 3 heteroatoms. The maximum Gasteiger partial charge on any atom is 0.165 e. The van der Waals surface area contributed by atoms with Crippen LogP contribution in [0.2, 0.25) is 18.1 Å². The standard InChI is InChI=1S/C22H38O2Si/c1-8-9-11-16-21(25(6,7)22(3,4)5)24-18(2)17-20(23)19-14-12-10-13-15-19/h10,12-15,18,21H,8-9,11,16-17H2,1-7H3/t18-,21-/m0/s1. The number of benzene rings is 1. The normalized spacial score (nSPS) is 15.0. The van der Waals surface area contributed by atoms with E-state index in [1.165, 1.54) is 19.3 Å². The van der Waals surface area contributed by atoms with Crippen molar-refractivity contribution in [2.75, 3.05) is 0 Å². The first-order chi connectivity index (χ1) is 11.6. The summed E-state index contributed by atoms with van der Waals surface area (Å²) >= 11 is 0. The van der Waals surface area contributed by atoms with Crippen LogP contribution in [-0.4, -0.2) is 25.7 Å². The third kappa shape index (κ3) is 6.71. The fourth-order valence-electron chi connectivity index (χ4n) is 2.99. The third-order valence-electron chi connectivity index (χ3n) is 5.77. The van der Waals surface area contributed by atoms with Crippen molar-refractivity contribution in [3.05, 3.63) is 35.9 Å². The number of rotatable bonds is 10. The molecular weight excluding hydrogens is 324 g/mol. The predicted molar refractivity (Wildman–Crippen MR) is 111 cm³/mol. The lowest BCUT2D eigenvalue weighted by molar-refractivity contribution is 0.0246. The van der Waals surface area contributed by atoms with Crippen LogP contribution in [0.25, 0.3) is 0 Å². The van der Waals surface area contributed by atoms with Gasteiger partial charge in [-0.15, -0.1) is 0 Å². The molecule has 0 fully saturated rings. The van der Waals surface area contributed by atoms with Gasteiger partial charge in [-0.1, -0.05) is 90.4 Å². The predicted octanol–water partition coefficient (Wildman–Crippen LogP) is 6.66. The molecule has 1 aromatic carbocycles. The van der Waals surface area contributed by atoms with Crippen LogP contribution in [0.1, 0.15) is 77.1 Å². The Morgan fingerprint density at radius 2 is 1.72 bits per heavy atom. The number of carbonyl (C=O) groups is 1. The van der Waals surface area contributed by atoms with Gasteiger partial charge in [0.15, 0.2) is 5.78 Å². The van der Waals surface area contributed by atoms with Gasteiger partial charge in [-0.05, 0) is 18.4 Å². The molecule has 0 unspecified atom stereocenters. The molecule has 0 amide bonds. The second kappa shape index (κ2) is 9.68. The SMILES string of the molecule is CCCCC[C@@H](O[C@@H](C)CC(=O)c1ccccc1)[Si](C)(C)C(C)(C)C. The summed E-state index contributed by atoms with van der Waals surface area (Å²) in [6, 6.07) is 9.56. The van der Waals surface area contributed by atoms with Crippen LogP contribution >= 0.6 is 0 Å². The maximum absolute atomic E-state index is 12.5. The van der Waals surface area contributed by atoms with Crippen molar-refractivity contribution in [3.63, 3.8) is 0 Å². The molecule has 0 aromatic heterocycles. The Morgan fingerprint density at radius 1 is 1.12 bits per heavy atom. The van der Waals surface area contributed by atoms with Crippen LogP contribution in [-0.2, 0) is 4.74 Å². The second-order valence-corrected chi connectivity index (χ2v) is 14.5. The molecule has 0 bridgehead atoms. The molecule has 1 rings (SSSR count). The average molecular weight is 363 g/mol. The van der Waals surface area contributed by atoms with Gasteiger partial charge in [0, 0.05) is 17.7 Å². The van der Waals surface area contributed by atoms with Crippen LogP contribution < -0.4 is 0 Å². The van der Waals surface area contributed by atoms with Crippen LogP contribution in [0.15, 0.2) is 30.3 Å². The quantitative estimate of drug-likeness (QED) is 0.264. The van der Waals surface area contributed by atoms with Crippen molar-refractivity contribution < 1.29 is 9.53 Å². The molecule has 2 atom stereocenters. The molecule has 0 aliphatic heterocycles. The maximum atomic E-state index is 12.5. The molecule has 0 heterocycles. The monoisotopic (exact) mass is 362 g/mol. The highest BCUT2D eigenvalue weighted by molar-refractivity contribution is 6.81. The highest BCUT2D eigenvalue weighted by atomic mass is 28.3. The minimum atomic E-state index is -1.61. The minimum Gasteiger partial charge on any atom is -0.378 e. The molecule has 0 radical (unpaired) electrons. The van der Waals surface area contributed by atoms with Gasteiger partial charge in [-0.25, -0.2) is 0 Å². The van der Waals surface area contributed by atoms with Gasteiger partial charge in [0.05, 0.1) is 14.2 Å². The second-order valence-electron chi connectivity index (χ2n) is 8.90. The summed E-state index contributed by atoms with van der Waals surface area (Å²) in [6.45, 7) is 16.2. The summed E-state index contributed by atoms with van der Waals surface area (Å²) in [6.07, 6.45) is 5.25. The highest BCUT2D eigenvalue weighted by Crippen LogP contribution is 2.41. The molecule has 142 valence electrons. The van der Waals surface area contributed by atoms with E-state index in [4.69, 9.17) is 4.74 Å². The summed E-state index contributed by atoms with van der Waals surface area (Å²) in [4.78, 5) is 12.5. The summed E-state index contributed by atoms with van der Waals surface area (Å²) in [5, 5.41) is 0.285. The zero-order valence-corrected chi connectivity index (χ0v) is 18.4. The largest absolute Gasteiger partial charge is 0.378 e. The van der Waals surface area contributed by atoms with E-state index < -0.39 is 8.07 Å². The molecule has 1 aromatic rings. The zero-order chi connectivity index (χ0) is 19.1. The van der Waals surface area contributed by atoms with Gasteiger partial charge in [0.25, 0.3) is 0 Å². The lowest BCUT2D eigenvalue weighted by Crippen LogP contribution is -2.51. The average Bonchev–Trinajstić information content (AvgIpc) is 2.53. The molecule has 0 aliphatic rings. The Kier molecular flexibility index (Phi) is 8.56. The number of ether oxygens (including phenoxy) is 1. The molecule has 0 saturated heterocycles. The fourth-order valence-corrected chi connectivity index (χ4v) is 5.46. The van der Waals surface area contributed by atoms with Crippen LogP contribution in [0.4, 0.5) is 0 Å². The van der Waals surface area contributed by atoms with E-state index in [0.717, 1.165) is 12.0 Å². The van der Waals surface area contributed by atoms with Crippen LogP contribution in [0.3, 0.4) is 0 Å². The summed E-state index contributed by atoms with van der Waals surface area (Å²) in [5.41, 5.74) is 1.09. The number of hydrogen-bond acceptors (Lipinski definition) is 2. The molecule has 0 N–H and O–H groups in total. The van der Waals surface area contributed by atoms with E-state index in [2.05, 4.69) is 47.7 Å². The van der Waals surface area contributed by atoms with Crippen LogP contribution in [0.5, 0.6) is 0 Å². The molecule has 25 heavy (non-hydrogen) atoms. The lowest BCUT2D eigenvalue weighted by Gasteiger charge is -2.44. The third-order valence-corrected chi connectivity index (χ3v) is 11.7. The van der Waals surface area contributed by atoms with Gasteiger partial charge in [0.2, 0.25) is 0 Å². The van der Waals surface area contributed by atoms with Crippen molar-refractivity contribution in [1.82, 2.24) is 0 Å². The number of hydrogen-bond donors (Lipinski definition) is 0. The number of Topliss-reactive ketones (excluding diaryl/α,β-unsaturated/α-hetero) is 1. The highest BCUT2D eigenvalue weighted by Gasteiger charge is 2.43. The molecule has 2 nitrogen and oxygen atoms in total. The van der Waals surface area contributed by atoms with Crippen molar-refractivity contribution in [2.45, 2.75) is 96.7 Å². The van der Waals surface area contributed by atoms with E-state index >= 15 is 0 Å². The first kappa shape index (κ1) is 22.1. The Morgan fingerprint density at radius 3 is 2.24 bits per heavy atom. The van der Waals surface area contributed by atoms with E-state index in [1.807, 2.05) is 30.3 Å². The van der Waals surface area contributed by atoms with Crippen LogP contribution in [0, 0.1) is 0 Å². The van der Waals surface area contributed by atoms with Crippen molar-refractivity contribution in [2.24, 2.45) is 0 Å². The number of ketones is 1. The topological polar surface area (TPSA) is 26.3 Å². The smallest absolute Gasteiger partial charge is 0.165 e. The lowest BCUT2D eigenvalue weighted by atomic mass is 10.1. The van der Waals surface area contributed by atoms with Crippen molar-refractivity contribution >= 4 is 13.9 Å². The van der Waals surface area contributed by atoms with E-state index in [-0.39, 0.29) is 16.9 Å². The molecule has 0 saturated carbocycles. The molecule has 0 aliphatic carbocycles. The summed E-state index contributed by atoms with van der Waals surface area (Å²) in [7, 11) is -1.61. The minimum absolute atomic E-state index is 0.0338. The summed E-state index contributed by atoms with van der Waals surface area (Å²) < 4.78 is 6.52. The Labute approximate surface area is 156 Å². The Balaban J connectivity index is 2.77. The van der Waals surface area contributed by atoms with E-state index in [9.17, 15) is 4.79 Å². The first-order valence-corrected chi connectivity index (χ1v) is 12.9. The molecular formula is C22H38O2Si. The number of carbonyl (C=O) groups excluding carboxylic acids is 1. The molecule has 0 spiro atoms. The fraction of sp³-hybridized carbons (Fsp3) is 0.682. The van der Waals surface area contributed by atoms with Gasteiger partial charge < -0.3 is 4.74 Å². The van der Waals surface area contributed by atoms with Crippen molar-refractivity contribution in [1.29, 1.82) is 0 Å². The summed E-state index contributed by atoms with van der Waals surface area (Å²) in [5.74, 6) is 0.177. The van der Waals surface area contributed by atoms with Gasteiger partial charge in [-0.3, -0.25) is 4.79 Å². The van der Waals surface area contributed by atoms with Gasteiger partial charge >= 0.3 is 0 Å². The first-order valence-electron chi connectivity index (χ1n) is 9.83. The van der Waals surface area contributed by atoms with E-state index in [1.54, 1.807) is 0 Å². The Hall–Kier alpha value is -0.933. The number of unbranched alkanes of at least 4 members (excludes halogenated alkanes) is 2. The van der Waals surface area contributed by atoms with E-state index in [0.29, 0.717) is 12.1 Å². The van der Waals surface area contributed by atoms with Gasteiger partial charge in [0.1, 0.15) is 0 Å². The van der Waals surface area contributed by atoms with Gasteiger partial charge in [-0.2, -0.15) is 0 Å².